The molecule has 1 heterocycles. The molecule has 0 unspecified atom stereocenters. The van der Waals surface area contributed by atoms with Gasteiger partial charge in [0.15, 0.2) is 0 Å². The molecular weight excluding hydrogens is 227 g/mol. The van der Waals surface area contributed by atoms with E-state index in [0.717, 1.165) is 9.26 Å². The summed E-state index contributed by atoms with van der Waals surface area (Å²) in [5.74, 6) is 0.621. The zero-order valence-electron chi connectivity index (χ0n) is 5.06. The number of nitrogens with zero attached hydrogens (tertiary/aromatic N) is 1. The molecule has 48 valence electrons. The second kappa shape index (κ2) is 2.51. The normalized spacial score (nSPS) is 9.56. The molecule has 9 heavy (non-hydrogen) atoms. The molecule has 3 heteroatoms. The largest absolute Gasteiger partial charge is 0.383 e. The maximum atomic E-state index is 5.50. The molecular formula is C6H7IN2. The number of pyridine rings is 1. The Morgan fingerprint density at radius 3 is 2.67 bits per heavy atom. The molecule has 2 nitrogen and oxygen atoms in total. The van der Waals surface area contributed by atoms with Crippen LogP contribution in [0.5, 0.6) is 0 Å². The van der Waals surface area contributed by atoms with Crippen LogP contribution in [0.15, 0.2) is 12.1 Å². The molecule has 0 radical (unpaired) electrons. The minimum atomic E-state index is 0.621. The summed E-state index contributed by atoms with van der Waals surface area (Å²) >= 11 is 2.15. The lowest BCUT2D eigenvalue weighted by Gasteiger charge is -1.95. The van der Waals surface area contributed by atoms with E-state index in [9.17, 15) is 0 Å². The first kappa shape index (κ1) is 6.80. The summed E-state index contributed by atoms with van der Waals surface area (Å²) in [5, 5.41) is 0. The van der Waals surface area contributed by atoms with Crippen molar-refractivity contribution in [1.82, 2.24) is 4.98 Å². The fourth-order valence-corrected chi connectivity index (χ4v) is 0.860. The molecule has 0 aliphatic carbocycles. The van der Waals surface area contributed by atoms with Crippen molar-refractivity contribution in [3.05, 3.63) is 21.4 Å². The van der Waals surface area contributed by atoms with Crippen molar-refractivity contribution in [2.24, 2.45) is 0 Å². The van der Waals surface area contributed by atoms with E-state index in [1.807, 2.05) is 19.1 Å². The molecule has 0 saturated carbocycles. The van der Waals surface area contributed by atoms with E-state index in [2.05, 4.69) is 27.6 Å². The first-order valence-corrected chi connectivity index (χ1v) is 3.66. The van der Waals surface area contributed by atoms with Crippen LogP contribution in [-0.4, -0.2) is 4.98 Å². The van der Waals surface area contributed by atoms with Crippen LogP contribution in [0.25, 0.3) is 0 Å². The molecule has 0 amide bonds. The van der Waals surface area contributed by atoms with Crippen LogP contribution in [0.3, 0.4) is 0 Å². The smallest absolute Gasteiger partial charge is 0.137 e. The van der Waals surface area contributed by atoms with Crippen LogP contribution in [-0.2, 0) is 0 Å². The fraction of sp³-hybridized carbons (Fsp3) is 0.167. The van der Waals surface area contributed by atoms with Gasteiger partial charge in [0.25, 0.3) is 0 Å². The molecule has 0 aliphatic rings. The fourth-order valence-electron chi connectivity index (χ4n) is 0.560. The third-order valence-corrected chi connectivity index (χ3v) is 1.92. The van der Waals surface area contributed by atoms with Crippen LogP contribution in [0.1, 0.15) is 5.69 Å². The zero-order valence-corrected chi connectivity index (χ0v) is 7.21. The molecule has 0 atom stereocenters. The second-order valence-electron chi connectivity index (χ2n) is 1.82. The van der Waals surface area contributed by atoms with Gasteiger partial charge in [-0.05, 0) is 41.6 Å². The van der Waals surface area contributed by atoms with Crippen molar-refractivity contribution < 1.29 is 0 Å². The van der Waals surface area contributed by atoms with Crippen molar-refractivity contribution in [2.75, 3.05) is 5.73 Å². The zero-order chi connectivity index (χ0) is 6.85. The number of aromatic nitrogens is 1. The minimum Gasteiger partial charge on any atom is -0.383 e. The molecule has 0 fully saturated rings. The second-order valence-corrected chi connectivity index (χ2v) is 2.98. The Morgan fingerprint density at radius 1 is 1.56 bits per heavy atom. The van der Waals surface area contributed by atoms with Crippen molar-refractivity contribution in [1.29, 1.82) is 0 Å². The number of hydrogen-bond acceptors (Lipinski definition) is 2. The molecule has 0 spiro atoms. The quantitative estimate of drug-likeness (QED) is 0.692. The summed E-state index contributed by atoms with van der Waals surface area (Å²) < 4.78 is 1.01. The van der Waals surface area contributed by atoms with Crippen LogP contribution >= 0.6 is 22.6 Å². The van der Waals surface area contributed by atoms with Gasteiger partial charge in [0.05, 0.1) is 3.57 Å². The topological polar surface area (TPSA) is 38.9 Å². The average Bonchev–Trinajstić information content (AvgIpc) is 1.80. The highest BCUT2D eigenvalue weighted by molar-refractivity contribution is 14.1. The molecule has 0 saturated heterocycles. The van der Waals surface area contributed by atoms with Crippen molar-refractivity contribution in [2.45, 2.75) is 6.92 Å². The Bertz CT molecular complexity index is 222. The third kappa shape index (κ3) is 1.54. The van der Waals surface area contributed by atoms with E-state index < -0.39 is 0 Å². The Kier molecular flexibility index (Phi) is 1.90. The maximum absolute atomic E-state index is 5.50. The summed E-state index contributed by atoms with van der Waals surface area (Å²) in [7, 11) is 0. The van der Waals surface area contributed by atoms with E-state index >= 15 is 0 Å². The number of rotatable bonds is 0. The van der Waals surface area contributed by atoms with Gasteiger partial charge >= 0.3 is 0 Å². The molecule has 2 N–H and O–H groups in total. The van der Waals surface area contributed by atoms with Gasteiger partial charge in [-0.1, -0.05) is 0 Å². The highest BCUT2D eigenvalue weighted by atomic mass is 127. The molecule has 1 aromatic heterocycles. The lowest BCUT2D eigenvalue weighted by molar-refractivity contribution is 1.20. The lowest BCUT2D eigenvalue weighted by Crippen LogP contribution is -1.94. The maximum Gasteiger partial charge on any atom is 0.137 e. The summed E-state index contributed by atoms with van der Waals surface area (Å²) in [6.45, 7) is 1.92. The number of anilines is 1. The van der Waals surface area contributed by atoms with Crippen LogP contribution < -0.4 is 5.73 Å². The Morgan fingerprint density at radius 2 is 2.22 bits per heavy atom. The van der Waals surface area contributed by atoms with Gasteiger partial charge in [0.1, 0.15) is 5.82 Å². The Balaban J connectivity index is 3.17. The summed E-state index contributed by atoms with van der Waals surface area (Å²) in [6, 6.07) is 3.90. The van der Waals surface area contributed by atoms with Gasteiger partial charge in [0, 0.05) is 5.69 Å². The Labute approximate surface area is 67.6 Å². The van der Waals surface area contributed by atoms with Gasteiger partial charge in [-0.2, -0.15) is 0 Å². The molecule has 1 aromatic rings. The van der Waals surface area contributed by atoms with Crippen molar-refractivity contribution >= 4 is 28.4 Å². The molecule has 0 bridgehead atoms. The van der Waals surface area contributed by atoms with E-state index in [1.165, 1.54) is 0 Å². The minimum absolute atomic E-state index is 0.621. The van der Waals surface area contributed by atoms with Gasteiger partial charge in [-0.3, -0.25) is 0 Å². The van der Waals surface area contributed by atoms with Crippen LogP contribution in [0, 0.1) is 10.5 Å². The number of nitrogen functional groups attached to an aromatic ring is 1. The number of nitrogens with two attached hydrogens (primary N) is 1. The summed E-state index contributed by atoms with van der Waals surface area (Å²) in [5.41, 5.74) is 6.47. The van der Waals surface area contributed by atoms with Gasteiger partial charge in [0.2, 0.25) is 0 Å². The third-order valence-electron chi connectivity index (χ3n) is 1.01. The SMILES string of the molecule is Cc1ccc(I)c(N)n1. The standard InChI is InChI=1S/C6H7IN2/c1-4-2-3-5(7)6(8)9-4/h2-3H,1H3,(H2,8,9). The Hall–Kier alpha value is -0.320. The predicted molar refractivity (Wildman–Crippen MR) is 46.1 cm³/mol. The summed E-state index contributed by atoms with van der Waals surface area (Å²) in [4.78, 5) is 4.04. The van der Waals surface area contributed by atoms with Gasteiger partial charge < -0.3 is 5.73 Å². The number of halogens is 1. The molecule has 0 aromatic carbocycles. The van der Waals surface area contributed by atoms with E-state index in [-0.39, 0.29) is 0 Å². The van der Waals surface area contributed by atoms with Gasteiger partial charge in [-0.25, -0.2) is 4.98 Å². The molecule has 1 rings (SSSR count). The van der Waals surface area contributed by atoms with Crippen LogP contribution in [0.4, 0.5) is 5.82 Å². The first-order chi connectivity index (χ1) is 4.20. The monoisotopic (exact) mass is 234 g/mol. The lowest BCUT2D eigenvalue weighted by atomic mass is 10.4. The average molecular weight is 234 g/mol. The first-order valence-electron chi connectivity index (χ1n) is 2.59. The highest BCUT2D eigenvalue weighted by Crippen LogP contribution is 2.10. The van der Waals surface area contributed by atoms with E-state index in [1.54, 1.807) is 0 Å². The van der Waals surface area contributed by atoms with E-state index in [4.69, 9.17) is 5.73 Å². The number of aryl methyl sites for hydroxylation is 1. The number of hydrogen-bond donors (Lipinski definition) is 1. The van der Waals surface area contributed by atoms with Crippen LogP contribution in [0.2, 0.25) is 0 Å². The van der Waals surface area contributed by atoms with Crippen molar-refractivity contribution in [3.8, 4) is 0 Å². The highest BCUT2D eigenvalue weighted by Gasteiger charge is 1.93. The van der Waals surface area contributed by atoms with E-state index in [0.29, 0.717) is 5.82 Å². The van der Waals surface area contributed by atoms with Gasteiger partial charge in [-0.15, -0.1) is 0 Å². The predicted octanol–water partition coefficient (Wildman–Crippen LogP) is 1.58. The van der Waals surface area contributed by atoms with Crippen molar-refractivity contribution in [3.63, 3.8) is 0 Å². The molecule has 0 aliphatic heterocycles. The summed E-state index contributed by atoms with van der Waals surface area (Å²) in [6.07, 6.45) is 0.